The Morgan fingerprint density at radius 1 is 0.682 bits per heavy atom. The second-order valence-corrected chi connectivity index (χ2v) is 13.9. The lowest BCUT2D eigenvalue weighted by Crippen LogP contribution is -2.45. The maximum absolute atomic E-state index is 13.9. The Bertz CT molecular complexity index is 1660. The summed E-state index contributed by atoms with van der Waals surface area (Å²) in [6.45, 7) is 2.66. The van der Waals surface area contributed by atoms with E-state index in [1.165, 1.54) is 24.3 Å². The molecule has 0 aromatic heterocycles. The fourth-order valence-corrected chi connectivity index (χ4v) is 6.85. The molecule has 1 N–H and O–H groups in total. The highest BCUT2D eigenvalue weighted by Crippen LogP contribution is 2.22. The van der Waals surface area contributed by atoms with Crippen LogP contribution in [0.15, 0.2) is 119 Å². The van der Waals surface area contributed by atoms with E-state index in [4.69, 9.17) is 13.7 Å². The fraction of sp³-hybridized carbons (Fsp3) is 0.273. The highest BCUT2D eigenvalue weighted by atomic mass is 32.2. The average Bonchev–Trinajstić information content (AvgIpc) is 3.01. The molecular formula is C33H37NO8S2. The van der Waals surface area contributed by atoms with E-state index in [-0.39, 0.29) is 36.2 Å². The maximum Gasteiger partial charge on any atom is 0.297 e. The van der Waals surface area contributed by atoms with E-state index in [2.05, 4.69) is 0 Å². The zero-order valence-electron chi connectivity index (χ0n) is 24.7. The lowest BCUT2D eigenvalue weighted by molar-refractivity contribution is 0.0155. The number of sulfonamides is 1. The molecule has 0 saturated carbocycles. The van der Waals surface area contributed by atoms with Gasteiger partial charge in [0.1, 0.15) is 18.5 Å². The van der Waals surface area contributed by atoms with Crippen molar-refractivity contribution < 1.29 is 35.6 Å². The Hall–Kier alpha value is -3.58. The number of nitrogens with zero attached hydrogens (tertiary/aromatic N) is 1. The normalized spacial score (nSPS) is 13.5. The largest absolute Gasteiger partial charge is 0.491 e. The monoisotopic (exact) mass is 639 g/mol. The van der Waals surface area contributed by atoms with Gasteiger partial charge < -0.3 is 14.6 Å². The van der Waals surface area contributed by atoms with Crippen molar-refractivity contribution in [2.24, 2.45) is 0 Å². The molecule has 4 aromatic carbocycles. The summed E-state index contributed by atoms with van der Waals surface area (Å²) in [5.74, 6) is 0.455. The van der Waals surface area contributed by atoms with Crippen LogP contribution in [-0.2, 0) is 35.7 Å². The van der Waals surface area contributed by atoms with Crippen molar-refractivity contribution in [2.75, 3.05) is 26.3 Å². The predicted octanol–water partition coefficient (Wildman–Crippen LogP) is 4.72. The standard InChI is InChI=1S/C33H37NO8S2/c1-26-13-17-32(18-14-26)43(36,37)34(21-29(35)24-40-23-28-9-5-3-6-10-28)22-31(25-41-30-11-7-4-8-12-30)42-44(38,39)33-19-15-27(2)16-20-33/h3-20,29,31,35H,21-25H2,1-2H3/t29-,31-/m0/s1. The molecule has 0 saturated heterocycles. The molecule has 11 heteroatoms. The quantitative estimate of drug-likeness (QED) is 0.175. The minimum atomic E-state index is -4.30. The van der Waals surface area contributed by atoms with E-state index in [9.17, 15) is 21.9 Å². The highest BCUT2D eigenvalue weighted by molar-refractivity contribution is 7.89. The van der Waals surface area contributed by atoms with Crippen LogP contribution in [0.2, 0.25) is 0 Å². The molecule has 0 bridgehead atoms. The Morgan fingerprint density at radius 2 is 1.23 bits per heavy atom. The van der Waals surface area contributed by atoms with E-state index in [1.54, 1.807) is 54.6 Å². The van der Waals surface area contributed by atoms with Crippen molar-refractivity contribution >= 4 is 20.1 Å². The van der Waals surface area contributed by atoms with Gasteiger partial charge in [-0.3, -0.25) is 4.18 Å². The number of hydrogen-bond acceptors (Lipinski definition) is 8. The molecule has 0 heterocycles. The lowest BCUT2D eigenvalue weighted by Gasteiger charge is -2.28. The van der Waals surface area contributed by atoms with Crippen LogP contribution in [0.3, 0.4) is 0 Å². The predicted molar refractivity (Wildman–Crippen MR) is 167 cm³/mol. The second kappa shape index (κ2) is 15.4. The molecule has 9 nitrogen and oxygen atoms in total. The maximum atomic E-state index is 13.9. The SMILES string of the molecule is Cc1ccc(S(=O)(=O)O[C@H](COc2ccccc2)CN(C[C@H](O)COCc2ccccc2)S(=O)(=O)c2ccc(C)cc2)cc1. The van der Waals surface area contributed by atoms with E-state index >= 15 is 0 Å². The average molecular weight is 640 g/mol. The number of aliphatic hydroxyl groups excluding tert-OH is 1. The molecule has 44 heavy (non-hydrogen) atoms. The molecule has 2 atom stereocenters. The van der Waals surface area contributed by atoms with Gasteiger partial charge in [0.2, 0.25) is 10.0 Å². The molecule has 0 fully saturated rings. The van der Waals surface area contributed by atoms with Gasteiger partial charge in [-0.1, -0.05) is 83.9 Å². The molecule has 4 aromatic rings. The van der Waals surface area contributed by atoms with Crippen molar-refractivity contribution in [1.82, 2.24) is 4.31 Å². The van der Waals surface area contributed by atoms with E-state index < -0.39 is 38.9 Å². The molecule has 4 rings (SSSR count). The second-order valence-electron chi connectivity index (χ2n) is 10.4. The molecule has 0 radical (unpaired) electrons. The van der Waals surface area contributed by atoms with Crippen LogP contribution >= 0.6 is 0 Å². The smallest absolute Gasteiger partial charge is 0.297 e. The minimum Gasteiger partial charge on any atom is -0.491 e. The lowest BCUT2D eigenvalue weighted by atomic mass is 10.2. The third kappa shape index (κ3) is 9.71. The Balaban J connectivity index is 1.59. The van der Waals surface area contributed by atoms with Gasteiger partial charge in [0, 0.05) is 13.1 Å². The molecule has 0 aliphatic rings. The summed E-state index contributed by atoms with van der Waals surface area (Å²) in [7, 11) is -8.51. The third-order valence-electron chi connectivity index (χ3n) is 6.65. The molecule has 0 spiro atoms. The first-order valence-corrected chi connectivity index (χ1v) is 16.9. The van der Waals surface area contributed by atoms with Crippen LogP contribution in [0.1, 0.15) is 16.7 Å². The Labute approximate surface area is 259 Å². The van der Waals surface area contributed by atoms with Gasteiger partial charge >= 0.3 is 0 Å². The summed E-state index contributed by atoms with van der Waals surface area (Å²) >= 11 is 0. The van der Waals surface area contributed by atoms with Gasteiger partial charge in [-0.2, -0.15) is 12.7 Å². The fourth-order valence-electron chi connectivity index (χ4n) is 4.29. The zero-order chi connectivity index (χ0) is 31.6. The number of hydrogen-bond donors (Lipinski definition) is 1. The molecule has 0 amide bonds. The van der Waals surface area contributed by atoms with Crippen LogP contribution in [-0.4, -0.2) is 64.8 Å². The topological polar surface area (TPSA) is 119 Å². The first kappa shape index (κ1) is 33.3. The van der Waals surface area contributed by atoms with Crippen molar-refractivity contribution in [3.8, 4) is 5.75 Å². The van der Waals surface area contributed by atoms with Crippen molar-refractivity contribution in [3.63, 3.8) is 0 Å². The molecule has 0 aliphatic heterocycles. The minimum absolute atomic E-state index is 0.00961. The number of aryl methyl sites for hydroxylation is 2. The van der Waals surface area contributed by atoms with Crippen LogP contribution in [0.4, 0.5) is 0 Å². The summed E-state index contributed by atoms with van der Waals surface area (Å²) in [6, 6.07) is 30.5. The van der Waals surface area contributed by atoms with Crippen LogP contribution in [0.25, 0.3) is 0 Å². The number of aliphatic hydroxyl groups is 1. The van der Waals surface area contributed by atoms with Crippen LogP contribution in [0.5, 0.6) is 5.75 Å². The third-order valence-corrected chi connectivity index (χ3v) is 9.87. The van der Waals surface area contributed by atoms with Gasteiger partial charge in [0.25, 0.3) is 10.1 Å². The zero-order valence-corrected chi connectivity index (χ0v) is 26.3. The Kier molecular flexibility index (Phi) is 11.7. The summed E-state index contributed by atoms with van der Waals surface area (Å²) in [6.07, 6.45) is -2.48. The number of benzene rings is 4. The number of rotatable bonds is 16. The van der Waals surface area contributed by atoms with E-state index in [1.807, 2.05) is 44.2 Å². The van der Waals surface area contributed by atoms with Crippen molar-refractivity contribution in [1.29, 1.82) is 0 Å². The summed E-state index contributed by atoms with van der Waals surface area (Å²) < 4.78 is 72.4. The molecular weight excluding hydrogens is 602 g/mol. The van der Waals surface area contributed by atoms with Gasteiger partial charge in [-0.25, -0.2) is 8.42 Å². The van der Waals surface area contributed by atoms with E-state index in [0.29, 0.717) is 5.75 Å². The van der Waals surface area contributed by atoms with Crippen LogP contribution < -0.4 is 4.74 Å². The van der Waals surface area contributed by atoms with Crippen LogP contribution in [0, 0.1) is 13.8 Å². The summed E-state index contributed by atoms with van der Waals surface area (Å²) in [5.41, 5.74) is 2.63. The first-order valence-electron chi connectivity index (χ1n) is 14.1. The highest BCUT2D eigenvalue weighted by Gasteiger charge is 2.32. The molecule has 0 unspecified atom stereocenters. The van der Waals surface area contributed by atoms with Gasteiger partial charge in [0.15, 0.2) is 0 Å². The van der Waals surface area contributed by atoms with E-state index in [0.717, 1.165) is 21.0 Å². The number of para-hydroxylation sites is 1. The first-order chi connectivity index (χ1) is 21.0. The summed E-state index contributed by atoms with van der Waals surface area (Å²) in [4.78, 5) is -0.0836. The van der Waals surface area contributed by atoms with Gasteiger partial charge in [-0.15, -0.1) is 0 Å². The van der Waals surface area contributed by atoms with Crippen molar-refractivity contribution in [3.05, 3.63) is 126 Å². The number of ether oxygens (including phenoxy) is 2. The molecule has 234 valence electrons. The Morgan fingerprint density at radius 3 is 1.82 bits per heavy atom. The molecule has 0 aliphatic carbocycles. The van der Waals surface area contributed by atoms with Gasteiger partial charge in [-0.05, 0) is 55.8 Å². The van der Waals surface area contributed by atoms with Gasteiger partial charge in [0.05, 0.1) is 29.1 Å². The summed E-state index contributed by atoms with van der Waals surface area (Å²) in [5, 5.41) is 10.9. The van der Waals surface area contributed by atoms with Crippen molar-refractivity contribution in [2.45, 2.75) is 42.5 Å².